The van der Waals surface area contributed by atoms with E-state index < -0.39 is 17.7 Å². The van der Waals surface area contributed by atoms with Gasteiger partial charge in [-0.15, -0.1) is 0 Å². The summed E-state index contributed by atoms with van der Waals surface area (Å²) in [6, 6.07) is 14.4. The average molecular weight is 403 g/mol. The van der Waals surface area contributed by atoms with Crippen molar-refractivity contribution < 1.29 is 22.8 Å². The topological polar surface area (TPSA) is 61.4 Å². The number of nitrogens with zero attached hydrogens (tertiary/aromatic N) is 1. The first-order chi connectivity index (χ1) is 13.8. The minimum absolute atomic E-state index is 0.0433. The second-order valence-corrected chi connectivity index (χ2v) is 6.58. The zero-order chi connectivity index (χ0) is 20.9. The lowest BCUT2D eigenvalue weighted by Crippen LogP contribution is -2.47. The fraction of sp³-hybridized carbons (Fsp3) is 0.238. The summed E-state index contributed by atoms with van der Waals surface area (Å²) in [6.45, 7) is 1.65. The van der Waals surface area contributed by atoms with Gasteiger partial charge in [-0.25, -0.2) is 0 Å². The number of anilines is 1. The molecule has 0 saturated carbocycles. The van der Waals surface area contributed by atoms with Crippen LogP contribution in [0.25, 0.3) is 5.57 Å². The Balaban J connectivity index is 1.63. The number of rotatable bonds is 5. The minimum Gasteiger partial charge on any atom is -0.360 e. The Kier molecular flexibility index (Phi) is 6.21. The normalized spacial score (nSPS) is 15.1. The maximum absolute atomic E-state index is 13.3. The molecule has 1 aliphatic rings. The molecule has 0 bridgehead atoms. The largest absolute Gasteiger partial charge is 0.417 e. The van der Waals surface area contributed by atoms with Gasteiger partial charge in [-0.1, -0.05) is 42.5 Å². The quantitative estimate of drug-likeness (QED) is 0.755. The van der Waals surface area contributed by atoms with E-state index in [1.54, 1.807) is 18.2 Å². The average Bonchev–Trinajstić information content (AvgIpc) is 2.71. The van der Waals surface area contributed by atoms with E-state index in [4.69, 9.17) is 0 Å². The predicted octanol–water partition coefficient (Wildman–Crippen LogP) is 2.88. The van der Waals surface area contributed by atoms with E-state index >= 15 is 0 Å². The second kappa shape index (κ2) is 8.81. The monoisotopic (exact) mass is 403 g/mol. The van der Waals surface area contributed by atoms with Crippen molar-refractivity contribution in [2.24, 2.45) is 0 Å². The van der Waals surface area contributed by atoms with Gasteiger partial charge in [-0.2, -0.15) is 13.2 Å². The molecule has 0 aliphatic carbocycles. The number of piperazine rings is 1. The van der Waals surface area contributed by atoms with Crippen molar-refractivity contribution in [3.63, 3.8) is 0 Å². The molecule has 0 aromatic heterocycles. The number of hydrogen-bond donors (Lipinski definition) is 2. The highest BCUT2D eigenvalue weighted by Crippen LogP contribution is 2.33. The molecule has 0 radical (unpaired) electrons. The van der Waals surface area contributed by atoms with Crippen LogP contribution in [-0.2, 0) is 16.1 Å². The number of allylic oxidation sites excluding steroid dienone is 1. The number of halogens is 3. The van der Waals surface area contributed by atoms with Crippen LogP contribution in [0.15, 0.2) is 60.7 Å². The summed E-state index contributed by atoms with van der Waals surface area (Å²) in [6.07, 6.45) is -4.06. The summed E-state index contributed by atoms with van der Waals surface area (Å²) in [7, 11) is 0. The third kappa shape index (κ3) is 5.60. The highest BCUT2D eigenvalue weighted by molar-refractivity contribution is 5.96. The smallest absolute Gasteiger partial charge is 0.360 e. The van der Waals surface area contributed by atoms with Crippen molar-refractivity contribution in [3.8, 4) is 0 Å². The van der Waals surface area contributed by atoms with E-state index in [1.807, 2.05) is 17.0 Å². The van der Waals surface area contributed by atoms with Crippen LogP contribution in [0.4, 0.5) is 18.9 Å². The number of carbonyl (C=O) groups excluding carboxylic acids is 2. The molecular weight excluding hydrogens is 383 g/mol. The van der Waals surface area contributed by atoms with E-state index in [9.17, 15) is 22.8 Å². The number of nitrogens with one attached hydrogen (secondary N) is 2. The number of benzene rings is 2. The molecule has 3 rings (SSSR count). The summed E-state index contributed by atoms with van der Waals surface area (Å²) in [5.74, 6) is -0.865. The number of amides is 2. The Hall–Kier alpha value is -3.29. The Morgan fingerprint density at radius 1 is 1.10 bits per heavy atom. The first kappa shape index (κ1) is 20.4. The third-order valence-electron chi connectivity index (χ3n) is 4.47. The van der Waals surface area contributed by atoms with Gasteiger partial charge in [0, 0.05) is 31.4 Å². The van der Waals surface area contributed by atoms with Crippen LogP contribution in [0.1, 0.15) is 11.1 Å². The summed E-state index contributed by atoms with van der Waals surface area (Å²) < 4.78 is 39.9. The maximum Gasteiger partial charge on any atom is 0.417 e. The molecule has 1 aliphatic heterocycles. The van der Waals surface area contributed by atoms with E-state index in [2.05, 4.69) is 10.6 Å². The van der Waals surface area contributed by atoms with Crippen LogP contribution in [0.3, 0.4) is 0 Å². The van der Waals surface area contributed by atoms with Crippen LogP contribution in [0.5, 0.6) is 0 Å². The first-order valence-corrected chi connectivity index (χ1v) is 9.05. The Bertz CT molecular complexity index is 894. The van der Waals surface area contributed by atoms with Gasteiger partial charge in [0.05, 0.1) is 12.1 Å². The van der Waals surface area contributed by atoms with E-state index in [0.717, 1.165) is 11.3 Å². The van der Waals surface area contributed by atoms with Crippen molar-refractivity contribution >= 4 is 23.1 Å². The predicted molar refractivity (Wildman–Crippen MR) is 104 cm³/mol. The molecule has 0 unspecified atom stereocenters. The van der Waals surface area contributed by atoms with Gasteiger partial charge < -0.3 is 15.5 Å². The van der Waals surface area contributed by atoms with Gasteiger partial charge in [0.25, 0.3) is 0 Å². The van der Waals surface area contributed by atoms with Crippen LogP contribution < -0.4 is 15.5 Å². The molecule has 2 N–H and O–H groups in total. The number of carbonyl (C=O) groups is 2. The van der Waals surface area contributed by atoms with Crippen LogP contribution in [0.2, 0.25) is 0 Å². The standard InChI is InChI=1S/C21H20F3N3O2/c22-21(23,24)18(16-4-2-1-3-5-16)12-19(28)26-13-15-6-8-17(9-7-15)27-11-10-25-20(29)14-27/h1-9,12H,10-11,13-14H2,(H,25,29)(H,26,28)/b18-12-. The summed E-state index contributed by atoms with van der Waals surface area (Å²) in [5, 5.41) is 5.23. The SMILES string of the molecule is O=C(/C=C(/c1ccccc1)C(F)(F)F)NCc1ccc(N2CCNC(=O)C2)cc1. The lowest BCUT2D eigenvalue weighted by Gasteiger charge is -2.28. The lowest BCUT2D eigenvalue weighted by atomic mass is 10.1. The van der Waals surface area contributed by atoms with E-state index in [1.165, 1.54) is 24.3 Å². The van der Waals surface area contributed by atoms with E-state index in [-0.39, 0.29) is 24.6 Å². The maximum atomic E-state index is 13.3. The summed E-state index contributed by atoms with van der Waals surface area (Å²) in [5.41, 5.74) is 0.558. The highest BCUT2D eigenvalue weighted by Gasteiger charge is 2.35. The molecule has 0 atom stereocenters. The van der Waals surface area contributed by atoms with Crippen molar-refractivity contribution in [2.45, 2.75) is 12.7 Å². The van der Waals surface area contributed by atoms with Gasteiger partial charge in [-0.05, 0) is 23.3 Å². The molecule has 1 saturated heterocycles. The third-order valence-corrected chi connectivity index (χ3v) is 4.47. The Morgan fingerprint density at radius 3 is 2.41 bits per heavy atom. The first-order valence-electron chi connectivity index (χ1n) is 9.05. The van der Waals surface area contributed by atoms with Gasteiger partial charge in [-0.3, -0.25) is 9.59 Å². The molecule has 1 fully saturated rings. The van der Waals surface area contributed by atoms with Gasteiger partial charge >= 0.3 is 6.18 Å². The number of hydrogen-bond acceptors (Lipinski definition) is 3. The zero-order valence-electron chi connectivity index (χ0n) is 15.5. The van der Waals surface area contributed by atoms with E-state index in [0.29, 0.717) is 19.2 Å². The molecule has 8 heteroatoms. The Morgan fingerprint density at radius 2 is 1.79 bits per heavy atom. The van der Waals surface area contributed by atoms with Crippen LogP contribution in [-0.4, -0.2) is 37.6 Å². The van der Waals surface area contributed by atoms with Crippen LogP contribution >= 0.6 is 0 Å². The van der Waals surface area contributed by atoms with Crippen molar-refractivity contribution in [1.29, 1.82) is 0 Å². The molecule has 29 heavy (non-hydrogen) atoms. The van der Waals surface area contributed by atoms with Crippen LogP contribution in [0, 0.1) is 0 Å². The minimum atomic E-state index is -4.64. The van der Waals surface area contributed by atoms with Gasteiger partial charge in [0.15, 0.2) is 0 Å². The molecule has 152 valence electrons. The fourth-order valence-electron chi connectivity index (χ4n) is 3.00. The van der Waals surface area contributed by atoms with Gasteiger partial charge in [0.1, 0.15) is 0 Å². The summed E-state index contributed by atoms with van der Waals surface area (Å²) in [4.78, 5) is 25.5. The second-order valence-electron chi connectivity index (χ2n) is 6.58. The highest BCUT2D eigenvalue weighted by atomic mass is 19.4. The van der Waals surface area contributed by atoms with Gasteiger partial charge in [0.2, 0.25) is 11.8 Å². The zero-order valence-corrected chi connectivity index (χ0v) is 15.5. The molecule has 2 amide bonds. The number of alkyl halides is 3. The molecule has 1 heterocycles. The molecule has 5 nitrogen and oxygen atoms in total. The van der Waals surface area contributed by atoms with Crippen molar-refractivity contribution in [2.75, 3.05) is 24.5 Å². The fourth-order valence-corrected chi connectivity index (χ4v) is 3.00. The molecular formula is C21H20F3N3O2. The van der Waals surface area contributed by atoms with Crippen molar-refractivity contribution in [1.82, 2.24) is 10.6 Å². The lowest BCUT2D eigenvalue weighted by molar-refractivity contribution is -0.120. The van der Waals surface area contributed by atoms with Crippen molar-refractivity contribution in [3.05, 3.63) is 71.8 Å². The summed E-state index contributed by atoms with van der Waals surface area (Å²) >= 11 is 0. The Labute approximate surface area is 166 Å². The molecule has 0 spiro atoms. The molecule has 2 aromatic carbocycles. The molecule has 2 aromatic rings.